The van der Waals surface area contributed by atoms with Gasteiger partial charge in [0, 0.05) is 19.3 Å². The van der Waals surface area contributed by atoms with Crippen molar-refractivity contribution < 1.29 is 18.3 Å². The zero-order valence-corrected chi connectivity index (χ0v) is 11.4. The van der Waals surface area contributed by atoms with E-state index < -0.39 is 21.9 Å². The van der Waals surface area contributed by atoms with Crippen molar-refractivity contribution in [2.24, 2.45) is 5.92 Å². The van der Waals surface area contributed by atoms with E-state index in [1.807, 2.05) is 6.07 Å². The zero-order valence-electron chi connectivity index (χ0n) is 10.6. The van der Waals surface area contributed by atoms with Gasteiger partial charge in [-0.15, -0.1) is 0 Å². The van der Waals surface area contributed by atoms with Gasteiger partial charge < -0.3 is 10.1 Å². The Morgan fingerprint density at radius 3 is 2.68 bits per heavy atom. The molecule has 0 spiro atoms. The molecular weight excluding hydrogens is 270 g/mol. The number of nitrogens with one attached hydrogen (secondary N) is 1. The molecule has 0 amide bonds. The minimum absolute atomic E-state index is 0.0723. The number of aromatic amines is 1. The summed E-state index contributed by atoms with van der Waals surface area (Å²) in [5, 5.41) is 17.5. The van der Waals surface area contributed by atoms with Crippen LogP contribution in [0, 0.1) is 17.2 Å². The third-order valence-corrected chi connectivity index (χ3v) is 4.49. The standard InChI is InChI=1S/C11H15N3O4S/c1-3-14(7-8(2)5-12)19(17,18)9-4-10(11(15)16)13-6-9/h4,6,8,13H,3,7H2,1-2H3,(H,15,16). The van der Waals surface area contributed by atoms with E-state index in [2.05, 4.69) is 4.98 Å². The van der Waals surface area contributed by atoms with E-state index >= 15 is 0 Å². The van der Waals surface area contributed by atoms with Crippen LogP contribution in [0.5, 0.6) is 0 Å². The molecule has 104 valence electrons. The number of hydrogen-bond donors (Lipinski definition) is 2. The summed E-state index contributed by atoms with van der Waals surface area (Å²) in [5.41, 5.74) is -0.192. The molecule has 0 aliphatic carbocycles. The second-order valence-electron chi connectivity index (χ2n) is 4.04. The quantitative estimate of drug-likeness (QED) is 0.805. The highest BCUT2D eigenvalue weighted by Crippen LogP contribution is 2.18. The Bertz CT molecular complexity index is 600. The lowest BCUT2D eigenvalue weighted by atomic mass is 10.2. The number of nitriles is 1. The molecule has 0 aliphatic rings. The first-order valence-corrected chi connectivity index (χ1v) is 7.08. The van der Waals surface area contributed by atoms with Gasteiger partial charge in [0.15, 0.2) is 0 Å². The highest BCUT2D eigenvalue weighted by molar-refractivity contribution is 7.89. The van der Waals surface area contributed by atoms with Gasteiger partial charge >= 0.3 is 5.97 Å². The minimum atomic E-state index is -3.78. The maximum Gasteiger partial charge on any atom is 0.352 e. The Hall–Kier alpha value is -1.85. The minimum Gasteiger partial charge on any atom is -0.477 e. The predicted octanol–water partition coefficient (Wildman–Crippen LogP) is 0.883. The molecule has 0 radical (unpaired) electrons. The highest BCUT2D eigenvalue weighted by Gasteiger charge is 2.26. The normalized spacial score (nSPS) is 13.2. The summed E-state index contributed by atoms with van der Waals surface area (Å²) in [5.74, 6) is -1.66. The van der Waals surface area contributed by atoms with Gasteiger partial charge in [-0.2, -0.15) is 9.57 Å². The van der Waals surface area contributed by atoms with Crippen molar-refractivity contribution in [2.75, 3.05) is 13.1 Å². The summed E-state index contributed by atoms with van der Waals surface area (Å²) in [6.45, 7) is 3.56. The summed E-state index contributed by atoms with van der Waals surface area (Å²) in [6.07, 6.45) is 1.14. The van der Waals surface area contributed by atoms with Crippen molar-refractivity contribution in [3.05, 3.63) is 18.0 Å². The lowest BCUT2D eigenvalue weighted by Crippen LogP contribution is -2.34. The highest BCUT2D eigenvalue weighted by atomic mass is 32.2. The molecule has 1 unspecified atom stereocenters. The van der Waals surface area contributed by atoms with Gasteiger partial charge in [0.1, 0.15) is 10.6 Å². The number of carboxylic acids is 1. The van der Waals surface area contributed by atoms with Crippen LogP contribution in [0.25, 0.3) is 0 Å². The third-order valence-electron chi connectivity index (χ3n) is 2.58. The SMILES string of the molecule is CCN(CC(C)C#N)S(=O)(=O)c1c[nH]c(C(=O)O)c1. The second-order valence-corrected chi connectivity index (χ2v) is 5.98. The van der Waals surface area contributed by atoms with Crippen molar-refractivity contribution in [3.63, 3.8) is 0 Å². The summed E-state index contributed by atoms with van der Waals surface area (Å²) in [4.78, 5) is 13.0. The molecule has 0 bridgehead atoms. The molecule has 0 saturated heterocycles. The molecule has 1 aromatic heterocycles. The van der Waals surface area contributed by atoms with Crippen LogP contribution in [0.3, 0.4) is 0 Å². The summed E-state index contributed by atoms with van der Waals surface area (Å²) in [6, 6.07) is 3.04. The number of nitrogens with zero attached hydrogens (tertiary/aromatic N) is 2. The van der Waals surface area contributed by atoms with E-state index in [1.54, 1.807) is 13.8 Å². The van der Waals surface area contributed by atoms with Crippen molar-refractivity contribution in [2.45, 2.75) is 18.7 Å². The van der Waals surface area contributed by atoms with E-state index in [-0.39, 0.29) is 23.7 Å². The number of aromatic nitrogens is 1. The lowest BCUT2D eigenvalue weighted by Gasteiger charge is -2.20. The molecule has 1 atom stereocenters. The third kappa shape index (κ3) is 3.33. The molecular formula is C11H15N3O4S. The molecule has 0 aromatic carbocycles. The van der Waals surface area contributed by atoms with Crippen molar-refractivity contribution in [1.29, 1.82) is 5.26 Å². The van der Waals surface area contributed by atoms with Gasteiger partial charge in [0.2, 0.25) is 10.0 Å². The Balaban J connectivity index is 3.06. The number of hydrogen-bond acceptors (Lipinski definition) is 4. The molecule has 19 heavy (non-hydrogen) atoms. The van der Waals surface area contributed by atoms with Crippen LogP contribution in [0.1, 0.15) is 24.3 Å². The first-order valence-electron chi connectivity index (χ1n) is 5.64. The van der Waals surface area contributed by atoms with Crippen molar-refractivity contribution in [3.8, 4) is 6.07 Å². The molecule has 0 saturated carbocycles. The van der Waals surface area contributed by atoms with Gasteiger partial charge in [-0.1, -0.05) is 6.92 Å². The summed E-state index contributed by atoms with van der Waals surface area (Å²) in [7, 11) is -3.78. The fourth-order valence-electron chi connectivity index (χ4n) is 1.54. The molecule has 7 nitrogen and oxygen atoms in total. The molecule has 0 fully saturated rings. The van der Waals surface area contributed by atoms with E-state index in [1.165, 1.54) is 0 Å². The van der Waals surface area contributed by atoms with Gasteiger partial charge in [0.05, 0.1) is 12.0 Å². The molecule has 1 rings (SSSR count). The van der Waals surface area contributed by atoms with Crippen LogP contribution in [0.4, 0.5) is 0 Å². The predicted molar refractivity (Wildman–Crippen MR) is 67.0 cm³/mol. The molecule has 1 aromatic rings. The van der Waals surface area contributed by atoms with Crippen LogP contribution in [-0.4, -0.2) is 41.9 Å². The maximum atomic E-state index is 12.3. The van der Waals surface area contributed by atoms with Crippen LogP contribution in [0.15, 0.2) is 17.2 Å². The van der Waals surface area contributed by atoms with Crippen LogP contribution in [0.2, 0.25) is 0 Å². The van der Waals surface area contributed by atoms with Gasteiger partial charge in [-0.3, -0.25) is 0 Å². The van der Waals surface area contributed by atoms with E-state index in [0.29, 0.717) is 0 Å². The first kappa shape index (κ1) is 15.2. The first-order chi connectivity index (χ1) is 8.82. The van der Waals surface area contributed by atoms with E-state index in [0.717, 1.165) is 16.6 Å². The average Bonchev–Trinajstić information content (AvgIpc) is 2.85. The van der Waals surface area contributed by atoms with Crippen LogP contribution < -0.4 is 0 Å². The van der Waals surface area contributed by atoms with Gasteiger partial charge in [-0.25, -0.2) is 13.2 Å². The fourth-order valence-corrected chi connectivity index (χ4v) is 3.07. The number of aromatic carboxylic acids is 1. The van der Waals surface area contributed by atoms with Crippen LogP contribution >= 0.6 is 0 Å². The molecule has 0 aliphatic heterocycles. The average molecular weight is 285 g/mol. The lowest BCUT2D eigenvalue weighted by molar-refractivity contribution is 0.0691. The number of rotatable bonds is 6. The topological polar surface area (TPSA) is 114 Å². The summed E-state index contributed by atoms with van der Waals surface area (Å²) < 4.78 is 25.7. The Kier molecular flexibility index (Phi) is 4.69. The number of H-pyrrole nitrogens is 1. The van der Waals surface area contributed by atoms with Crippen molar-refractivity contribution >= 4 is 16.0 Å². The molecule has 2 N–H and O–H groups in total. The summed E-state index contributed by atoms with van der Waals surface area (Å²) >= 11 is 0. The Morgan fingerprint density at radius 2 is 2.26 bits per heavy atom. The number of carboxylic acid groups (broad SMARTS) is 1. The van der Waals surface area contributed by atoms with Crippen LogP contribution in [-0.2, 0) is 10.0 Å². The molecule has 1 heterocycles. The number of sulfonamides is 1. The van der Waals surface area contributed by atoms with Crippen molar-refractivity contribution in [1.82, 2.24) is 9.29 Å². The smallest absolute Gasteiger partial charge is 0.352 e. The fraction of sp³-hybridized carbons (Fsp3) is 0.455. The molecule has 8 heteroatoms. The van der Waals surface area contributed by atoms with Gasteiger partial charge in [0.25, 0.3) is 0 Å². The second kappa shape index (κ2) is 5.86. The maximum absolute atomic E-state index is 12.3. The Labute approximate surface area is 111 Å². The number of carbonyl (C=O) groups is 1. The largest absolute Gasteiger partial charge is 0.477 e. The van der Waals surface area contributed by atoms with E-state index in [4.69, 9.17) is 10.4 Å². The van der Waals surface area contributed by atoms with Gasteiger partial charge in [-0.05, 0) is 13.0 Å². The van der Waals surface area contributed by atoms with E-state index in [9.17, 15) is 13.2 Å². The monoisotopic (exact) mass is 285 g/mol. The Morgan fingerprint density at radius 1 is 1.63 bits per heavy atom. The zero-order chi connectivity index (χ0) is 14.6.